The summed E-state index contributed by atoms with van der Waals surface area (Å²) in [5.41, 5.74) is 0.955. The molecule has 3 aromatic rings. The molecule has 2 N–H and O–H groups in total. The highest BCUT2D eigenvalue weighted by atomic mass is 35.5. The van der Waals surface area contributed by atoms with E-state index in [0.717, 1.165) is 24.3 Å². The minimum absolute atomic E-state index is 0. The summed E-state index contributed by atoms with van der Waals surface area (Å²) in [6.07, 6.45) is 8.18. The number of nitrogens with zero attached hydrogens (tertiary/aromatic N) is 4. The number of nitrogens with one attached hydrogen (secondary N) is 2. The molecule has 0 atom stereocenters. The third-order valence-electron chi connectivity index (χ3n) is 4.99. The second kappa shape index (κ2) is 9.02. The zero-order chi connectivity index (χ0) is 19.4. The highest BCUT2D eigenvalue weighted by molar-refractivity contribution is 5.97. The number of rotatable bonds is 5. The molecular weight excluding hydrogens is 392 g/mol. The molecule has 8 nitrogen and oxygen atoms in total. The second-order valence-corrected chi connectivity index (χ2v) is 6.80. The van der Waals surface area contributed by atoms with Gasteiger partial charge in [0, 0.05) is 30.5 Å². The van der Waals surface area contributed by atoms with Crippen LogP contribution >= 0.6 is 12.4 Å². The average Bonchev–Trinajstić information content (AvgIpc) is 3.27. The SMILES string of the molecule is Cc1cc(Oc2ncccn2)ccc1NC(=O)C1(n2cccn2)CCNCC1.Cl. The molecule has 1 aromatic carbocycles. The molecule has 0 unspecified atom stereocenters. The molecule has 9 heteroatoms. The van der Waals surface area contributed by atoms with Crippen LogP contribution < -0.4 is 15.4 Å². The normalized spacial score (nSPS) is 15.2. The molecule has 0 radical (unpaired) electrons. The first-order chi connectivity index (χ1) is 13.7. The first kappa shape index (κ1) is 20.8. The molecule has 0 aliphatic carbocycles. The summed E-state index contributed by atoms with van der Waals surface area (Å²) in [7, 11) is 0. The zero-order valence-electron chi connectivity index (χ0n) is 16.0. The molecule has 1 fully saturated rings. The molecule has 0 spiro atoms. The third kappa shape index (κ3) is 4.38. The molecule has 29 heavy (non-hydrogen) atoms. The van der Waals surface area contributed by atoms with Crippen molar-refractivity contribution in [2.24, 2.45) is 0 Å². The molecule has 2 aromatic heterocycles. The number of hydrogen-bond acceptors (Lipinski definition) is 6. The highest BCUT2D eigenvalue weighted by Crippen LogP contribution is 2.30. The van der Waals surface area contributed by atoms with Gasteiger partial charge in [-0.05, 0) is 68.8 Å². The lowest BCUT2D eigenvalue weighted by atomic mass is 9.87. The fraction of sp³-hybridized carbons (Fsp3) is 0.300. The Morgan fingerprint density at radius 2 is 1.93 bits per heavy atom. The van der Waals surface area contributed by atoms with Crippen LogP contribution in [0.2, 0.25) is 0 Å². The van der Waals surface area contributed by atoms with E-state index in [1.807, 2.05) is 31.3 Å². The molecule has 1 aliphatic rings. The molecular formula is C20H23ClN6O2. The molecule has 0 saturated carbocycles. The Kier molecular flexibility index (Phi) is 6.46. The summed E-state index contributed by atoms with van der Waals surface area (Å²) in [6.45, 7) is 3.48. The van der Waals surface area contributed by atoms with E-state index in [0.29, 0.717) is 18.6 Å². The predicted octanol–water partition coefficient (Wildman–Crippen LogP) is 2.91. The Hall–Kier alpha value is -2.97. The van der Waals surface area contributed by atoms with Gasteiger partial charge < -0.3 is 15.4 Å². The quantitative estimate of drug-likeness (QED) is 0.666. The highest BCUT2D eigenvalue weighted by Gasteiger charge is 2.42. The third-order valence-corrected chi connectivity index (χ3v) is 4.99. The first-order valence-electron chi connectivity index (χ1n) is 9.25. The van der Waals surface area contributed by atoms with Crippen molar-refractivity contribution in [1.82, 2.24) is 25.1 Å². The largest absolute Gasteiger partial charge is 0.424 e. The fourth-order valence-electron chi connectivity index (χ4n) is 3.44. The van der Waals surface area contributed by atoms with E-state index in [4.69, 9.17) is 4.74 Å². The van der Waals surface area contributed by atoms with Crippen molar-refractivity contribution in [2.45, 2.75) is 25.3 Å². The number of halogens is 1. The number of aryl methyl sites for hydroxylation is 1. The number of hydrogen-bond donors (Lipinski definition) is 2. The Labute approximate surface area is 175 Å². The minimum Gasteiger partial charge on any atom is -0.424 e. The van der Waals surface area contributed by atoms with Gasteiger partial charge in [-0.3, -0.25) is 9.48 Å². The average molecular weight is 415 g/mol. The maximum atomic E-state index is 13.3. The van der Waals surface area contributed by atoms with Crippen LogP contribution in [-0.4, -0.2) is 38.7 Å². The standard InChI is InChI=1S/C20H22N6O2.ClH/c1-15-14-16(28-19-22-8-2-9-23-19)4-5-17(15)25-18(27)20(6-11-21-12-7-20)26-13-3-10-24-26;/h2-5,8-10,13-14,21H,6-7,11-12H2,1H3,(H,25,27);1H. The monoisotopic (exact) mass is 414 g/mol. The number of carbonyl (C=O) groups is 1. The van der Waals surface area contributed by atoms with Gasteiger partial charge in [-0.15, -0.1) is 12.4 Å². The number of ether oxygens (including phenoxy) is 1. The number of carbonyl (C=O) groups excluding carboxylic acids is 1. The molecule has 4 rings (SSSR count). The van der Waals surface area contributed by atoms with Gasteiger partial charge >= 0.3 is 6.01 Å². The summed E-state index contributed by atoms with van der Waals surface area (Å²) >= 11 is 0. The van der Waals surface area contributed by atoms with Crippen LogP contribution in [-0.2, 0) is 10.3 Å². The predicted molar refractivity (Wildman–Crippen MR) is 111 cm³/mol. The van der Waals surface area contributed by atoms with Crippen molar-refractivity contribution in [3.8, 4) is 11.8 Å². The van der Waals surface area contributed by atoms with E-state index < -0.39 is 5.54 Å². The van der Waals surface area contributed by atoms with E-state index in [1.54, 1.807) is 35.4 Å². The van der Waals surface area contributed by atoms with Crippen molar-refractivity contribution in [3.63, 3.8) is 0 Å². The molecule has 1 aliphatic heterocycles. The summed E-state index contributed by atoms with van der Waals surface area (Å²) in [6, 6.07) is 9.35. The lowest BCUT2D eigenvalue weighted by molar-refractivity contribution is -0.126. The number of amides is 1. The van der Waals surface area contributed by atoms with Crippen LogP contribution in [0.5, 0.6) is 11.8 Å². The van der Waals surface area contributed by atoms with Gasteiger partial charge in [-0.25, -0.2) is 9.97 Å². The molecule has 3 heterocycles. The van der Waals surface area contributed by atoms with Crippen molar-refractivity contribution < 1.29 is 9.53 Å². The van der Waals surface area contributed by atoms with Crippen LogP contribution in [0.25, 0.3) is 0 Å². The van der Waals surface area contributed by atoms with Crippen LogP contribution in [0.1, 0.15) is 18.4 Å². The number of piperidine rings is 1. The van der Waals surface area contributed by atoms with Crippen LogP contribution in [0.4, 0.5) is 5.69 Å². The molecule has 152 valence electrons. The van der Waals surface area contributed by atoms with Crippen LogP contribution in [0.15, 0.2) is 55.1 Å². The van der Waals surface area contributed by atoms with Gasteiger partial charge in [0.05, 0.1) is 0 Å². The van der Waals surface area contributed by atoms with Crippen LogP contribution in [0, 0.1) is 6.92 Å². The Bertz CT molecular complexity index is 943. The Balaban J connectivity index is 0.00000240. The molecule has 1 amide bonds. The van der Waals surface area contributed by atoms with Gasteiger partial charge in [-0.2, -0.15) is 5.10 Å². The van der Waals surface area contributed by atoms with Crippen molar-refractivity contribution in [2.75, 3.05) is 18.4 Å². The number of aromatic nitrogens is 4. The fourth-order valence-corrected chi connectivity index (χ4v) is 3.44. The van der Waals surface area contributed by atoms with E-state index in [-0.39, 0.29) is 24.3 Å². The second-order valence-electron chi connectivity index (χ2n) is 6.80. The summed E-state index contributed by atoms with van der Waals surface area (Å²) < 4.78 is 7.44. The van der Waals surface area contributed by atoms with E-state index in [1.165, 1.54) is 0 Å². The zero-order valence-corrected chi connectivity index (χ0v) is 16.9. The number of anilines is 1. The molecule has 1 saturated heterocycles. The smallest absolute Gasteiger partial charge is 0.321 e. The van der Waals surface area contributed by atoms with Crippen molar-refractivity contribution >= 4 is 24.0 Å². The van der Waals surface area contributed by atoms with Gasteiger partial charge in [-0.1, -0.05) is 0 Å². The van der Waals surface area contributed by atoms with Gasteiger partial charge in [0.15, 0.2) is 0 Å². The summed E-state index contributed by atoms with van der Waals surface area (Å²) in [5.74, 6) is 0.561. The van der Waals surface area contributed by atoms with Gasteiger partial charge in [0.1, 0.15) is 11.3 Å². The lowest BCUT2D eigenvalue weighted by Gasteiger charge is -2.36. The summed E-state index contributed by atoms with van der Waals surface area (Å²) in [4.78, 5) is 21.4. The van der Waals surface area contributed by atoms with E-state index in [2.05, 4.69) is 25.7 Å². The summed E-state index contributed by atoms with van der Waals surface area (Å²) in [5, 5.41) is 10.8. The van der Waals surface area contributed by atoms with E-state index in [9.17, 15) is 4.79 Å². The lowest BCUT2D eigenvalue weighted by Crippen LogP contribution is -2.52. The topological polar surface area (TPSA) is 94.0 Å². The van der Waals surface area contributed by atoms with Crippen LogP contribution in [0.3, 0.4) is 0 Å². The van der Waals surface area contributed by atoms with Gasteiger partial charge in [0.25, 0.3) is 5.91 Å². The maximum absolute atomic E-state index is 13.3. The Morgan fingerprint density at radius 3 is 2.59 bits per heavy atom. The maximum Gasteiger partial charge on any atom is 0.321 e. The number of benzene rings is 1. The minimum atomic E-state index is -0.686. The first-order valence-corrected chi connectivity index (χ1v) is 9.25. The molecule has 0 bridgehead atoms. The van der Waals surface area contributed by atoms with E-state index >= 15 is 0 Å². The van der Waals surface area contributed by atoms with Crippen molar-refractivity contribution in [3.05, 3.63) is 60.7 Å². The van der Waals surface area contributed by atoms with Gasteiger partial charge in [0.2, 0.25) is 0 Å². The Morgan fingerprint density at radius 1 is 1.17 bits per heavy atom. The van der Waals surface area contributed by atoms with Crippen molar-refractivity contribution in [1.29, 1.82) is 0 Å².